The first-order valence-corrected chi connectivity index (χ1v) is 16.7. The van der Waals surface area contributed by atoms with Gasteiger partial charge in [0.15, 0.2) is 0 Å². The summed E-state index contributed by atoms with van der Waals surface area (Å²) in [6.07, 6.45) is 0. The number of para-hydroxylation sites is 4. The van der Waals surface area contributed by atoms with Gasteiger partial charge < -0.3 is 10.6 Å². The fourth-order valence-corrected chi connectivity index (χ4v) is 6.66. The van der Waals surface area contributed by atoms with E-state index in [4.69, 9.17) is 20.6 Å². The minimum absolute atomic E-state index is 0. The zero-order valence-corrected chi connectivity index (χ0v) is 29.2. The van der Waals surface area contributed by atoms with Gasteiger partial charge in [-0.15, -0.1) is 31.9 Å². The van der Waals surface area contributed by atoms with Crippen molar-refractivity contribution in [3.63, 3.8) is 0 Å². The van der Waals surface area contributed by atoms with Gasteiger partial charge in [-0.2, -0.15) is 0 Å². The summed E-state index contributed by atoms with van der Waals surface area (Å²) in [5.74, 6) is 0. The summed E-state index contributed by atoms with van der Waals surface area (Å²) in [5, 5.41) is 10.2. The molecule has 0 amide bonds. The molecule has 9 rings (SSSR count). The molecule has 7 aromatic carbocycles. The number of fused-ring (bicyclic) bond motifs is 4. The number of hydrogen-bond donors (Lipinski definition) is 0. The Balaban J connectivity index is 0.00000374. The van der Waals surface area contributed by atoms with E-state index in [1.807, 2.05) is 72.8 Å². The van der Waals surface area contributed by atoms with Gasteiger partial charge in [-0.3, -0.25) is 0 Å². The molecule has 0 fully saturated rings. The third-order valence-electron chi connectivity index (χ3n) is 9.22. The molecule has 0 aliphatic heterocycles. The van der Waals surface area contributed by atoms with Crippen molar-refractivity contribution < 1.29 is 26.2 Å². The standard InChI is InChI=1S/C44H32N6.Fe/c1-29-23-37-41(24-30(29)2)49(33-19-11-5-12-20-33)43-28-40-44(27-39(43)47-37)50(34-21-13-6-14-22-34)42-26-36(46-32-17-9-4-10-18-32)35(25-38(42)48-40)45-31-15-7-3-8-16-31;/h3-28H,1-2H3;/q;+2. The first kappa shape index (κ1) is 32.1. The Kier molecular flexibility index (Phi) is 8.36. The molecular weight excluding hydrogens is 668 g/mol. The van der Waals surface area contributed by atoms with Crippen molar-refractivity contribution in [3.05, 3.63) is 179 Å². The summed E-state index contributed by atoms with van der Waals surface area (Å²) in [6, 6.07) is 53.9. The summed E-state index contributed by atoms with van der Waals surface area (Å²) in [5.41, 5.74) is 15.1. The summed E-state index contributed by atoms with van der Waals surface area (Å²) in [7, 11) is 0. The zero-order chi connectivity index (χ0) is 33.6. The number of nitrogens with zero attached hydrogens (tertiary/aromatic N) is 6. The van der Waals surface area contributed by atoms with Crippen molar-refractivity contribution in [1.29, 1.82) is 0 Å². The molecule has 0 saturated heterocycles. The Hall–Kier alpha value is -6.14. The fraction of sp³-hybridized carbons (Fsp3) is 0.0455. The molecule has 0 spiro atoms. The van der Waals surface area contributed by atoms with Gasteiger partial charge in [-0.25, -0.2) is 9.97 Å². The van der Waals surface area contributed by atoms with Crippen LogP contribution in [0.25, 0.3) is 66.1 Å². The van der Waals surface area contributed by atoms with E-state index in [9.17, 15) is 0 Å². The van der Waals surface area contributed by atoms with Crippen LogP contribution in [0.2, 0.25) is 0 Å². The predicted octanol–water partition coefficient (Wildman–Crippen LogP) is 10.9. The van der Waals surface area contributed by atoms with Crippen LogP contribution in [0.1, 0.15) is 11.1 Å². The van der Waals surface area contributed by atoms with Crippen molar-refractivity contribution in [2.45, 2.75) is 13.8 Å². The minimum atomic E-state index is 0. The molecule has 0 unspecified atom stereocenters. The topological polar surface area (TPSA) is 61.7 Å². The number of hydrogen-bond acceptors (Lipinski definition) is 2. The second-order valence-corrected chi connectivity index (χ2v) is 12.5. The van der Waals surface area contributed by atoms with E-state index in [-0.39, 0.29) is 17.1 Å². The molecule has 0 saturated carbocycles. The third kappa shape index (κ3) is 5.93. The molecular formula is C44H32FeN6+2. The summed E-state index contributed by atoms with van der Waals surface area (Å²) in [6.45, 7) is 4.30. The predicted molar refractivity (Wildman–Crippen MR) is 203 cm³/mol. The van der Waals surface area contributed by atoms with Crippen LogP contribution in [0, 0.1) is 13.8 Å². The van der Waals surface area contributed by atoms with Crippen LogP contribution in [-0.4, -0.2) is 9.97 Å². The largest absolute Gasteiger partial charge is 2.00 e. The van der Waals surface area contributed by atoms with Gasteiger partial charge >= 0.3 is 17.1 Å². The first-order valence-electron chi connectivity index (χ1n) is 16.7. The summed E-state index contributed by atoms with van der Waals surface area (Å²) >= 11 is 0. The minimum Gasteiger partial charge on any atom is -0.659 e. The second-order valence-electron chi connectivity index (χ2n) is 12.5. The third-order valence-corrected chi connectivity index (χ3v) is 9.22. The van der Waals surface area contributed by atoms with Crippen molar-refractivity contribution in [3.8, 4) is 11.4 Å². The maximum absolute atomic E-state index is 5.35. The van der Waals surface area contributed by atoms with Gasteiger partial charge in [-0.1, -0.05) is 97.1 Å². The Morgan fingerprint density at radius 1 is 0.392 bits per heavy atom. The van der Waals surface area contributed by atoms with Gasteiger partial charge in [0.1, 0.15) is 22.1 Å². The number of aromatic nitrogens is 4. The van der Waals surface area contributed by atoms with Crippen LogP contribution in [-0.2, 0) is 17.1 Å². The van der Waals surface area contributed by atoms with Crippen LogP contribution in [0.5, 0.6) is 0 Å². The van der Waals surface area contributed by atoms with E-state index < -0.39 is 0 Å². The second kappa shape index (κ2) is 13.3. The molecule has 9 aromatic rings. The van der Waals surface area contributed by atoms with E-state index in [2.05, 4.69) is 108 Å². The quantitative estimate of drug-likeness (QED) is 0.0985. The zero-order valence-electron chi connectivity index (χ0n) is 28.0. The van der Waals surface area contributed by atoms with E-state index >= 15 is 0 Å². The molecule has 2 aromatic heterocycles. The SMILES string of the molecule is Cc1cc2nc3cc4c(cc3[n+](-c3ccccc3)c2cc1C)nc1cc([N-]c2ccccc2)c([N-]c2ccccc2)cc1[n+]4-c1ccccc1.[Fe+2]. The molecule has 6 nitrogen and oxygen atoms in total. The average Bonchev–Trinajstić information content (AvgIpc) is 3.15. The maximum atomic E-state index is 5.35. The molecule has 0 aliphatic rings. The van der Waals surface area contributed by atoms with Gasteiger partial charge in [0.25, 0.3) is 0 Å². The fourth-order valence-electron chi connectivity index (χ4n) is 6.66. The maximum Gasteiger partial charge on any atom is 2.00 e. The number of rotatable bonds is 6. The number of aryl methyl sites for hydroxylation is 2. The molecule has 2 heterocycles. The van der Waals surface area contributed by atoms with Crippen LogP contribution in [0.4, 0.5) is 22.7 Å². The first-order chi connectivity index (χ1) is 24.6. The van der Waals surface area contributed by atoms with Gasteiger partial charge in [-0.05, 0) is 43.2 Å². The van der Waals surface area contributed by atoms with Gasteiger partial charge in [0.05, 0.1) is 0 Å². The normalized spacial score (nSPS) is 11.2. The molecule has 0 atom stereocenters. The monoisotopic (exact) mass is 700 g/mol. The summed E-state index contributed by atoms with van der Waals surface area (Å²) < 4.78 is 4.58. The van der Waals surface area contributed by atoms with Gasteiger partial charge in [0, 0.05) is 42.5 Å². The van der Waals surface area contributed by atoms with Crippen LogP contribution in [0.3, 0.4) is 0 Å². The van der Waals surface area contributed by atoms with Crippen LogP contribution < -0.4 is 9.13 Å². The number of benzene rings is 7. The Morgan fingerprint density at radius 3 is 1.24 bits per heavy atom. The van der Waals surface area contributed by atoms with E-state index in [0.717, 1.165) is 78.3 Å². The summed E-state index contributed by atoms with van der Waals surface area (Å²) in [4.78, 5) is 10.6. The van der Waals surface area contributed by atoms with Crippen molar-refractivity contribution in [2.24, 2.45) is 0 Å². The molecule has 244 valence electrons. The molecule has 0 bridgehead atoms. The Labute approximate surface area is 306 Å². The van der Waals surface area contributed by atoms with Crippen molar-refractivity contribution >= 4 is 66.9 Å². The van der Waals surface area contributed by atoms with Crippen LogP contribution >= 0.6 is 0 Å². The molecule has 51 heavy (non-hydrogen) atoms. The van der Waals surface area contributed by atoms with E-state index in [1.165, 1.54) is 11.1 Å². The Morgan fingerprint density at radius 2 is 0.745 bits per heavy atom. The molecule has 0 aliphatic carbocycles. The average molecular weight is 701 g/mol. The van der Waals surface area contributed by atoms with E-state index in [0.29, 0.717) is 0 Å². The van der Waals surface area contributed by atoms with E-state index in [1.54, 1.807) is 0 Å². The smallest absolute Gasteiger partial charge is 0.659 e. The van der Waals surface area contributed by atoms with Gasteiger partial charge in [0.2, 0.25) is 33.4 Å². The molecule has 0 radical (unpaired) electrons. The van der Waals surface area contributed by atoms with Crippen molar-refractivity contribution in [1.82, 2.24) is 9.97 Å². The Bertz CT molecular complexity index is 2700. The van der Waals surface area contributed by atoms with Crippen LogP contribution in [0.15, 0.2) is 158 Å². The molecule has 7 heteroatoms. The van der Waals surface area contributed by atoms with Crippen molar-refractivity contribution in [2.75, 3.05) is 0 Å². The molecule has 0 N–H and O–H groups in total.